The number of esters is 1. The molecule has 1 saturated carbocycles. The van der Waals surface area contributed by atoms with Crippen LogP contribution < -0.4 is 5.32 Å². The van der Waals surface area contributed by atoms with E-state index >= 15 is 0 Å². The van der Waals surface area contributed by atoms with Crippen molar-refractivity contribution in [3.05, 3.63) is 71.8 Å². The zero-order chi connectivity index (χ0) is 19.8. The van der Waals surface area contributed by atoms with E-state index in [2.05, 4.69) is 5.32 Å². The van der Waals surface area contributed by atoms with Crippen molar-refractivity contribution < 1.29 is 14.3 Å². The third-order valence-electron chi connectivity index (χ3n) is 5.48. The minimum Gasteiger partial charge on any atom is -0.459 e. The molecule has 0 bridgehead atoms. The smallest absolute Gasteiger partial charge is 0.329 e. The number of hydrogen-bond donors (Lipinski definition) is 1. The Bertz CT molecular complexity index is 754. The topological polar surface area (TPSA) is 55.4 Å². The number of carbonyl (C=O) groups excluding carboxylic acids is 2. The van der Waals surface area contributed by atoms with Gasteiger partial charge in [-0.1, -0.05) is 80.4 Å². The van der Waals surface area contributed by atoms with Gasteiger partial charge in [0.05, 0.1) is 0 Å². The van der Waals surface area contributed by atoms with Crippen LogP contribution >= 0.6 is 0 Å². The van der Waals surface area contributed by atoms with Crippen LogP contribution in [0, 0.1) is 11.8 Å². The lowest BCUT2D eigenvalue weighted by Gasteiger charge is -2.24. The highest BCUT2D eigenvalue weighted by atomic mass is 16.5. The Morgan fingerprint density at radius 3 is 2.14 bits per heavy atom. The highest BCUT2D eigenvalue weighted by molar-refractivity contribution is 5.86. The standard InChI is InChI=1S/C24H29NO3/c1-18(16-19-10-4-2-5-11-19)23(26)25-22(21-14-8-9-15-21)24(27)28-17-20-12-6-3-7-13-20/h2-7,10-13,18,21-22H,8-9,14-17H2,1H3,(H,25,26)/t18-,22-/m1/s1. The zero-order valence-corrected chi connectivity index (χ0v) is 16.5. The molecule has 0 aromatic heterocycles. The highest BCUT2D eigenvalue weighted by Crippen LogP contribution is 2.29. The van der Waals surface area contributed by atoms with Gasteiger partial charge in [0, 0.05) is 5.92 Å². The first-order valence-electron chi connectivity index (χ1n) is 10.2. The van der Waals surface area contributed by atoms with Crippen molar-refractivity contribution in [2.24, 2.45) is 11.8 Å². The molecule has 0 spiro atoms. The number of hydrogen-bond acceptors (Lipinski definition) is 3. The van der Waals surface area contributed by atoms with Gasteiger partial charge in [-0.3, -0.25) is 4.79 Å². The first kappa shape index (κ1) is 20.1. The molecule has 0 radical (unpaired) electrons. The molecule has 0 heterocycles. The van der Waals surface area contributed by atoms with Gasteiger partial charge in [-0.15, -0.1) is 0 Å². The van der Waals surface area contributed by atoms with Crippen LogP contribution in [0.2, 0.25) is 0 Å². The van der Waals surface area contributed by atoms with Crippen LogP contribution in [-0.2, 0) is 27.4 Å². The fraction of sp³-hybridized carbons (Fsp3) is 0.417. The van der Waals surface area contributed by atoms with Crippen LogP contribution in [0.3, 0.4) is 0 Å². The molecule has 4 nitrogen and oxygen atoms in total. The van der Waals surface area contributed by atoms with Crippen molar-refractivity contribution in [2.75, 3.05) is 0 Å². The molecule has 148 valence electrons. The molecule has 1 aliphatic carbocycles. The molecule has 1 N–H and O–H groups in total. The second kappa shape index (κ2) is 10.1. The first-order chi connectivity index (χ1) is 13.6. The molecule has 2 aromatic rings. The van der Waals surface area contributed by atoms with Crippen LogP contribution in [0.15, 0.2) is 60.7 Å². The Morgan fingerprint density at radius 1 is 0.964 bits per heavy atom. The second-order valence-electron chi connectivity index (χ2n) is 7.71. The first-order valence-corrected chi connectivity index (χ1v) is 10.2. The normalized spacial score (nSPS) is 16.3. The van der Waals surface area contributed by atoms with Crippen molar-refractivity contribution in [1.82, 2.24) is 5.32 Å². The van der Waals surface area contributed by atoms with E-state index in [0.29, 0.717) is 6.42 Å². The molecule has 1 amide bonds. The Kier molecular flexibility index (Phi) is 7.24. The van der Waals surface area contributed by atoms with E-state index < -0.39 is 6.04 Å². The SMILES string of the molecule is C[C@H](Cc1ccccc1)C(=O)N[C@@H](C(=O)OCc1ccccc1)C1CCCC1. The van der Waals surface area contributed by atoms with Gasteiger partial charge in [-0.2, -0.15) is 0 Å². The largest absolute Gasteiger partial charge is 0.459 e. The predicted molar refractivity (Wildman–Crippen MR) is 109 cm³/mol. The van der Waals surface area contributed by atoms with Crippen molar-refractivity contribution in [1.29, 1.82) is 0 Å². The van der Waals surface area contributed by atoms with Crippen LogP contribution in [-0.4, -0.2) is 17.9 Å². The molecule has 1 aliphatic rings. The van der Waals surface area contributed by atoms with Gasteiger partial charge in [0.15, 0.2) is 0 Å². The second-order valence-corrected chi connectivity index (χ2v) is 7.71. The minimum atomic E-state index is -0.558. The summed E-state index contributed by atoms with van der Waals surface area (Å²) in [5.41, 5.74) is 2.07. The quantitative estimate of drug-likeness (QED) is 0.697. The third-order valence-corrected chi connectivity index (χ3v) is 5.48. The molecular weight excluding hydrogens is 350 g/mol. The molecule has 0 unspecified atom stereocenters. The van der Waals surface area contributed by atoms with Crippen LogP contribution in [0.5, 0.6) is 0 Å². The van der Waals surface area contributed by atoms with E-state index in [-0.39, 0.29) is 30.3 Å². The van der Waals surface area contributed by atoms with E-state index in [0.717, 1.165) is 36.8 Å². The van der Waals surface area contributed by atoms with Gasteiger partial charge in [-0.05, 0) is 36.3 Å². The molecule has 0 saturated heterocycles. The van der Waals surface area contributed by atoms with Gasteiger partial charge >= 0.3 is 5.97 Å². The summed E-state index contributed by atoms with van der Waals surface area (Å²) in [6.45, 7) is 2.14. The Labute approximate surface area is 167 Å². The molecule has 1 fully saturated rings. The van der Waals surface area contributed by atoms with Gasteiger partial charge < -0.3 is 10.1 Å². The number of benzene rings is 2. The van der Waals surface area contributed by atoms with Crippen LogP contribution in [0.4, 0.5) is 0 Å². The molecule has 2 aromatic carbocycles. The lowest BCUT2D eigenvalue weighted by Crippen LogP contribution is -2.48. The maximum Gasteiger partial charge on any atom is 0.329 e. The molecule has 4 heteroatoms. The Hall–Kier alpha value is -2.62. The van der Waals surface area contributed by atoms with Crippen molar-refractivity contribution in [2.45, 2.75) is 51.7 Å². The molecule has 0 aliphatic heterocycles. The van der Waals surface area contributed by atoms with Gasteiger partial charge in [0.1, 0.15) is 12.6 Å². The van der Waals surface area contributed by atoms with Crippen molar-refractivity contribution >= 4 is 11.9 Å². The average Bonchev–Trinajstić information content (AvgIpc) is 3.26. The number of rotatable bonds is 8. The average molecular weight is 380 g/mol. The van der Waals surface area contributed by atoms with E-state index in [1.807, 2.05) is 67.6 Å². The Balaban J connectivity index is 1.60. The van der Waals surface area contributed by atoms with Crippen molar-refractivity contribution in [3.63, 3.8) is 0 Å². The summed E-state index contributed by atoms with van der Waals surface area (Å²) < 4.78 is 5.55. The lowest BCUT2D eigenvalue weighted by molar-refractivity contribution is -0.151. The summed E-state index contributed by atoms with van der Waals surface area (Å²) in [5, 5.41) is 3.00. The van der Waals surface area contributed by atoms with Crippen LogP contribution in [0.25, 0.3) is 0 Å². The summed E-state index contributed by atoms with van der Waals surface area (Å²) in [6, 6.07) is 19.0. The van der Waals surface area contributed by atoms with E-state index in [1.165, 1.54) is 0 Å². The monoisotopic (exact) mass is 379 g/mol. The number of nitrogens with one attached hydrogen (secondary N) is 1. The van der Waals surface area contributed by atoms with E-state index in [1.54, 1.807) is 0 Å². The third kappa shape index (κ3) is 5.69. The van der Waals surface area contributed by atoms with Gasteiger partial charge in [0.25, 0.3) is 0 Å². The zero-order valence-electron chi connectivity index (χ0n) is 16.5. The summed E-state index contributed by atoms with van der Waals surface area (Å²) in [5.74, 6) is -0.446. The number of amides is 1. The molecular formula is C24H29NO3. The van der Waals surface area contributed by atoms with Crippen LogP contribution in [0.1, 0.15) is 43.7 Å². The maximum absolute atomic E-state index is 12.8. The fourth-order valence-corrected chi connectivity index (χ4v) is 3.83. The molecule has 28 heavy (non-hydrogen) atoms. The number of ether oxygens (including phenoxy) is 1. The summed E-state index contributed by atoms with van der Waals surface area (Å²) in [7, 11) is 0. The fourth-order valence-electron chi connectivity index (χ4n) is 3.83. The molecule has 2 atom stereocenters. The lowest BCUT2D eigenvalue weighted by atomic mass is 9.95. The maximum atomic E-state index is 12.8. The molecule has 3 rings (SSSR count). The van der Waals surface area contributed by atoms with Crippen molar-refractivity contribution in [3.8, 4) is 0 Å². The van der Waals surface area contributed by atoms with Gasteiger partial charge in [-0.25, -0.2) is 4.79 Å². The van der Waals surface area contributed by atoms with E-state index in [4.69, 9.17) is 4.74 Å². The summed E-state index contributed by atoms with van der Waals surface area (Å²) in [4.78, 5) is 25.6. The summed E-state index contributed by atoms with van der Waals surface area (Å²) >= 11 is 0. The Morgan fingerprint density at radius 2 is 1.54 bits per heavy atom. The van der Waals surface area contributed by atoms with E-state index in [9.17, 15) is 9.59 Å². The minimum absolute atomic E-state index is 0.0857. The summed E-state index contributed by atoms with van der Waals surface area (Å²) in [6.07, 6.45) is 4.77. The highest BCUT2D eigenvalue weighted by Gasteiger charge is 2.34. The predicted octanol–water partition coefficient (Wildman–Crippen LogP) is 4.28. The van der Waals surface area contributed by atoms with Gasteiger partial charge in [0.2, 0.25) is 5.91 Å². The number of carbonyl (C=O) groups is 2.